The maximum absolute atomic E-state index is 13.4. The van der Waals surface area contributed by atoms with Gasteiger partial charge in [0, 0.05) is 18.8 Å². The number of nitrogens with zero attached hydrogens (tertiary/aromatic N) is 3. The molecule has 1 aromatic heterocycles. The van der Waals surface area contributed by atoms with Crippen molar-refractivity contribution in [3.63, 3.8) is 0 Å². The SMILES string of the molecule is CC(Cc1ccccc1F)NCCn1ccnn1. The highest BCUT2D eigenvalue weighted by molar-refractivity contribution is 5.18. The van der Waals surface area contributed by atoms with Gasteiger partial charge >= 0.3 is 0 Å². The molecule has 2 aromatic rings. The molecule has 96 valence electrons. The van der Waals surface area contributed by atoms with E-state index in [0.717, 1.165) is 18.7 Å². The minimum Gasteiger partial charge on any atom is -0.312 e. The lowest BCUT2D eigenvalue weighted by atomic mass is 10.1. The van der Waals surface area contributed by atoms with E-state index < -0.39 is 0 Å². The van der Waals surface area contributed by atoms with Crippen LogP contribution in [0.25, 0.3) is 0 Å². The van der Waals surface area contributed by atoms with Crippen LogP contribution in [0.4, 0.5) is 4.39 Å². The van der Waals surface area contributed by atoms with Crippen LogP contribution in [-0.4, -0.2) is 27.6 Å². The summed E-state index contributed by atoms with van der Waals surface area (Å²) >= 11 is 0. The van der Waals surface area contributed by atoms with Crippen molar-refractivity contribution in [1.29, 1.82) is 0 Å². The maximum Gasteiger partial charge on any atom is 0.126 e. The zero-order valence-corrected chi connectivity index (χ0v) is 10.4. The molecule has 5 heteroatoms. The predicted molar refractivity (Wildman–Crippen MR) is 67.6 cm³/mol. The molecule has 1 heterocycles. The summed E-state index contributed by atoms with van der Waals surface area (Å²) in [5, 5.41) is 11.0. The summed E-state index contributed by atoms with van der Waals surface area (Å²) in [7, 11) is 0. The van der Waals surface area contributed by atoms with Crippen molar-refractivity contribution < 1.29 is 4.39 Å². The van der Waals surface area contributed by atoms with Gasteiger partial charge in [-0.25, -0.2) is 4.39 Å². The summed E-state index contributed by atoms with van der Waals surface area (Å²) in [4.78, 5) is 0. The van der Waals surface area contributed by atoms with Crippen molar-refractivity contribution in [2.24, 2.45) is 0 Å². The summed E-state index contributed by atoms with van der Waals surface area (Å²) in [6.45, 7) is 3.61. The third-order valence-corrected chi connectivity index (χ3v) is 2.79. The number of nitrogens with one attached hydrogen (secondary N) is 1. The largest absolute Gasteiger partial charge is 0.312 e. The van der Waals surface area contributed by atoms with E-state index in [1.54, 1.807) is 16.9 Å². The predicted octanol–water partition coefficient (Wildman–Crippen LogP) is 1.64. The molecule has 1 N–H and O–H groups in total. The molecule has 0 aliphatic rings. The Kier molecular flexibility index (Phi) is 4.41. The van der Waals surface area contributed by atoms with E-state index >= 15 is 0 Å². The summed E-state index contributed by atoms with van der Waals surface area (Å²) < 4.78 is 15.2. The number of rotatable bonds is 6. The lowest BCUT2D eigenvalue weighted by Crippen LogP contribution is -2.31. The molecule has 18 heavy (non-hydrogen) atoms. The first-order chi connectivity index (χ1) is 8.75. The fourth-order valence-electron chi connectivity index (χ4n) is 1.84. The second-order valence-corrected chi connectivity index (χ2v) is 4.32. The summed E-state index contributed by atoms with van der Waals surface area (Å²) in [5.41, 5.74) is 0.748. The fourth-order valence-corrected chi connectivity index (χ4v) is 1.84. The number of benzene rings is 1. The Bertz CT molecular complexity index is 470. The van der Waals surface area contributed by atoms with Gasteiger partial charge in [-0.05, 0) is 25.0 Å². The van der Waals surface area contributed by atoms with E-state index in [0.29, 0.717) is 6.42 Å². The van der Waals surface area contributed by atoms with Crippen molar-refractivity contribution >= 4 is 0 Å². The summed E-state index contributed by atoms with van der Waals surface area (Å²) in [5.74, 6) is -0.137. The quantitative estimate of drug-likeness (QED) is 0.845. The molecule has 2 rings (SSSR count). The highest BCUT2D eigenvalue weighted by atomic mass is 19.1. The van der Waals surface area contributed by atoms with Crippen LogP contribution in [0, 0.1) is 5.82 Å². The highest BCUT2D eigenvalue weighted by Gasteiger charge is 2.06. The van der Waals surface area contributed by atoms with Crippen LogP contribution in [0.1, 0.15) is 12.5 Å². The van der Waals surface area contributed by atoms with Gasteiger partial charge in [-0.15, -0.1) is 5.10 Å². The molecule has 0 aliphatic carbocycles. The third-order valence-electron chi connectivity index (χ3n) is 2.79. The van der Waals surface area contributed by atoms with Crippen LogP contribution < -0.4 is 5.32 Å². The lowest BCUT2D eigenvalue weighted by molar-refractivity contribution is 0.480. The second kappa shape index (κ2) is 6.26. The van der Waals surface area contributed by atoms with Crippen molar-refractivity contribution in [3.05, 3.63) is 48.0 Å². The molecule has 0 amide bonds. The van der Waals surface area contributed by atoms with Crippen molar-refractivity contribution in [3.8, 4) is 0 Å². The summed E-state index contributed by atoms with van der Waals surface area (Å²) in [6.07, 6.45) is 4.16. The van der Waals surface area contributed by atoms with E-state index in [4.69, 9.17) is 0 Å². The van der Waals surface area contributed by atoms with Crippen LogP contribution in [0.3, 0.4) is 0 Å². The van der Waals surface area contributed by atoms with E-state index in [-0.39, 0.29) is 11.9 Å². The van der Waals surface area contributed by atoms with E-state index in [1.165, 1.54) is 6.07 Å². The first-order valence-corrected chi connectivity index (χ1v) is 6.06. The monoisotopic (exact) mass is 248 g/mol. The smallest absolute Gasteiger partial charge is 0.126 e. The van der Waals surface area contributed by atoms with Crippen LogP contribution in [0.5, 0.6) is 0 Å². The van der Waals surface area contributed by atoms with Gasteiger partial charge in [0.1, 0.15) is 5.82 Å². The van der Waals surface area contributed by atoms with Crippen LogP contribution in [-0.2, 0) is 13.0 Å². The highest BCUT2D eigenvalue weighted by Crippen LogP contribution is 2.08. The van der Waals surface area contributed by atoms with Gasteiger partial charge < -0.3 is 5.32 Å². The van der Waals surface area contributed by atoms with Gasteiger partial charge in [-0.3, -0.25) is 4.68 Å². The standard InChI is InChI=1S/C13H17FN4/c1-11(10-12-4-2-3-5-13(12)14)15-6-8-18-9-7-16-17-18/h2-5,7,9,11,15H,6,8,10H2,1H3. The zero-order chi connectivity index (χ0) is 12.8. The Balaban J connectivity index is 1.75. The average Bonchev–Trinajstić information content (AvgIpc) is 2.85. The van der Waals surface area contributed by atoms with Gasteiger partial charge in [0.15, 0.2) is 0 Å². The number of halogens is 1. The number of aromatic nitrogens is 3. The molecular weight excluding hydrogens is 231 g/mol. The minimum absolute atomic E-state index is 0.137. The Morgan fingerprint density at radius 1 is 1.39 bits per heavy atom. The van der Waals surface area contributed by atoms with Crippen molar-refractivity contribution in [2.75, 3.05) is 6.54 Å². The second-order valence-electron chi connectivity index (χ2n) is 4.32. The normalized spacial score (nSPS) is 12.6. The Hall–Kier alpha value is -1.75. The summed E-state index contributed by atoms with van der Waals surface area (Å²) in [6, 6.07) is 7.12. The molecule has 0 saturated carbocycles. The molecule has 0 radical (unpaired) electrons. The zero-order valence-electron chi connectivity index (χ0n) is 10.4. The molecule has 0 saturated heterocycles. The molecule has 4 nitrogen and oxygen atoms in total. The van der Waals surface area contributed by atoms with Crippen molar-refractivity contribution in [1.82, 2.24) is 20.3 Å². The topological polar surface area (TPSA) is 42.7 Å². The first kappa shape index (κ1) is 12.7. The van der Waals surface area contributed by atoms with Gasteiger partial charge in [0.2, 0.25) is 0 Å². The average molecular weight is 248 g/mol. The molecule has 1 unspecified atom stereocenters. The van der Waals surface area contributed by atoms with Crippen LogP contribution >= 0.6 is 0 Å². The van der Waals surface area contributed by atoms with Gasteiger partial charge in [0.05, 0.1) is 12.7 Å². The molecule has 1 atom stereocenters. The Labute approximate surface area is 106 Å². The maximum atomic E-state index is 13.4. The molecule has 0 fully saturated rings. The fraction of sp³-hybridized carbons (Fsp3) is 0.385. The molecule has 1 aromatic carbocycles. The molecule has 0 bridgehead atoms. The lowest BCUT2D eigenvalue weighted by Gasteiger charge is -2.14. The van der Waals surface area contributed by atoms with Gasteiger partial charge in [0.25, 0.3) is 0 Å². The van der Waals surface area contributed by atoms with Gasteiger partial charge in [-0.1, -0.05) is 23.4 Å². The van der Waals surface area contributed by atoms with E-state index in [1.807, 2.05) is 25.3 Å². The number of hydrogen-bond donors (Lipinski definition) is 1. The van der Waals surface area contributed by atoms with E-state index in [2.05, 4.69) is 15.6 Å². The van der Waals surface area contributed by atoms with Crippen LogP contribution in [0.15, 0.2) is 36.7 Å². The minimum atomic E-state index is -0.137. The molecular formula is C13H17FN4. The number of hydrogen-bond acceptors (Lipinski definition) is 3. The Morgan fingerprint density at radius 2 is 2.22 bits per heavy atom. The third kappa shape index (κ3) is 3.63. The van der Waals surface area contributed by atoms with Gasteiger partial charge in [-0.2, -0.15) is 0 Å². The molecule has 0 spiro atoms. The van der Waals surface area contributed by atoms with Crippen molar-refractivity contribution in [2.45, 2.75) is 25.9 Å². The molecule has 0 aliphatic heterocycles. The Morgan fingerprint density at radius 3 is 2.94 bits per heavy atom. The first-order valence-electron chi connectivity index (χ1n) is 6.06. The van der Waals surface area contributed by atoms with E-state index in [9.17, 15) is 4.39 Å². The van der Waals surface area contributed by atoms with Crippen LogP contribution in [0.2, 0.25) is 0 Å².